The van der Waals surface area contributed by atoms with Gasteiger partial charge in [-0.3, -0.25) is 0 Å². The first-order chi connectivity index (χ1) is 10.6. The van der Waals surface area contributed by atoms with Crippen LogP contribution in [0.3, 0.4) is 0 Å². The summed E-state index contributed by atoms with van der Waals surface area (Å²) >= 11 is 9.10. The fourth-order valence-corrected chi connectivity index (χ4v) is 1.58. The molecule has 0 fully saturated rings. The molecule has 0 atom stereocenters. The van der Waals surface area contributed by atoms with Crippen molar-refractivity contribution >= 4 is 34.8 Å². The van der Waals surface area contributed by atoms with Gasteiger partial charge in [-0.1, -0.05) is 60.7 Å². The molecule has 2 aromatic rings. The minimum atomic E-state index is 0. The Morgan fingerprint density at radius 2 is 1.04 bits per heavy atom. The zero-order valence-electron chi connectivity index (χ0n) is 14.0. The van der Waals surface area contributed by atoms with Crippen molar-refractivity contribution < 1.29 is 62.3 Å². The standard InChI is InChI=1S/2C8H9NOS.K.H/c2*9-8(11)10-6-7-4-2-1-3-5-7;;/h2*1-5H,6H2,(H2,9,11);;/q;;+1;-1. The maximum atomic E-state index is 5.15. The third-order valence-corrected chi connectivity index (χ3v) is 2.68. The molecule has 2 rings (SSSR count). The molecule has 118 valence electrons. The van der Waals surface area contributed by atoms with Crippen molar-refractivity contribution in [3.8, 4) is 0 Å². The molecule has 23 heavy (non-hydrogen) atoms. The summed E-state index contributed by atoms with van der Waals surface area (Å²) < 4.78 is 9.87. The molecule has 0 aliphatic rings. The Kier molecular flexibility index (Phi) is 13.5. The number of nitrogens with two attached hydrogens (primary N) is 2. The van der Waals surface area contributed by atoms with Gasteiger partial charge in [0.15, 0.2) is 0 Å². The van der Waals surface area contributed by atoms with Crippen molar-refractivity contribution in [1.82, 2.24) is 0 Å². The summed E-state index contributed by atoms with van der Waals surface area (Å²) in [6.07, 6.45) is 0. The van der Waals surface area contributed by atoms with Crippen molar-refractivity contribution in [2.24, 2.45) is 11.5 Å². The Bertz CT molecular complexity index is 536. The Morgan fingerprint density at radius 3 is 1.30 bits per heavy atom. The Hall–Kier alpha value is -0.544. The van der Waals surface area contributed by atoms with Crippen LogP contribution in [0.15, 0.2) is 60.7 Å². The Balaban J connectivity index is 0. The van der Waals surface area contributed by atoms with Crippen LogP contribution in [0.25, 0.3) is 0 Å². The van der Waals surface area contributed by atoms with E-state index in [1.54, 1.807) is 0 Å². The molecule has 7 heteroatoms. The quantitative estimate of drug-likeness (QED) is 0.580. The van der Waals surface area contributed by atoms with Gasteiger partial charge in [-0.05, 0) is 35.6 Å². The summed E-state index contributed by atoms with van der Waals surface area (Å²) in [4.78, 5) is 0. The van der Waals surface area contributed by atoms with Crippen molar-refractivity contribution in [2.75, 3.05) is 0 Å². The minimum absolute atomic E-state index is 0. The smallest absolute Gasteiger partial charge is 1.00 e. The molecule has 2 aromatic carbocycles. The second-order valence-electron chi connectivity index (χ2n) is 4.19. The van der Waals surface area contributed by atoms with E-state index in [4.69, 9.17) is 20.9 Å². The van der Waals surface area contributed by atoms with E-state index in [0.717, 1.165) is 11.1 Å². The fraction of sp³-hybridized carbons (Fsp3) is 0.125. The van der Waals surface area contributed by atoms with Gasteiger partial charge >= 0.3 is 51.4 Å². The van der Waals surface area contributed by atoms with Gasteiger partial charge in [0.25, 0.3) is 10.3 Å². The second-order valence-corrected chi connectivity index (χ2v) is 4.99. The molecule has 4 N–H and O–H groups in total. The Morgan fingerprint density at radius 1 is 0.739 bits per heavy atom. The maximum Gasteiger partial charge on any atom is 1.00 e. The third kappa shape index (κ3) is 12.5. The monoisotopic (exact) mass is 374 g/mol. The molecule has 0 aliphatic heterocycles. The fourth-order valence-electron chi connectivity index (χ4n) is 1.46. The number of hydrogen-bond donors (Lipinski definition) is 2. The van der Waals surface area contributed by atoms with Gasteiger partial charge in [0.05, 0.1) is 0 Å². The summed E-state index contributed by atoms with van der Waals surface area (Å²) in [6, 6.07) is 19.5. The molecule has 0 bridgehead atoms. The van der Waals surface area contributed by atoms with Gasteiger partial charge in [0.1, 0.15) is 13.2 Å². The summed E-state index contributed by atoms with van der Waals surface area (Å²) in [5.74, 6) is 0. The molecule has 4 nitrogen and oxygen atoms in total. The number of hydrogen-bond acceptors (Lipinski definition) is 4. The molecule has 0 unspecified atom stereocenters. The van der Waals surface area contributed by atoms with Crippen molar-refractivity contribution in [3.05, 3.63) is 71.8 Å². The average molecular weight is 375 g/mol. The molecular weight excluding hydrogens is 355 g/mol. The van der Waals surface area contributed by atoms with Crippen LogP contribution in [-0.2, 0) is 22.7 Å². The van der Waals surface area contributed by atoms with Crippen LogP contribution in [0.2, 0.25) is 0 Å². The topological polar surface area (TPSA) is 70.5 Å². The van der Waals surface area contributed by atoms with E-state index < -0.39 is 0 Å². The number of thiocarbonyl (C=S) groups is 2. The first-order valence-corrected chi connectivity index (χ1v) is 7.32. The van der Waals surface area contributed by atoms with E-state index in [2.05, 4.69) is 24.4 Å². The van der Waals surface area contributed by atoms with Crippen molar-refractivity contribution in [3.63, 3.8) is 0 Å². The van der Waals surface area contributed by atoms with Gasteiger partial charge in [-0.2, -0.15) is 0 Å². The first kappa shape index (κ1) is 22.5. The molecule has 0 aromatic heterocycles. The zero-order valence-corrected chi connectivity index (χ0v) is 17.7. The van der Waals surface area contributed by atoms with E-state index in [1.807, 2.05) is 60.7 Å². The molecular formula is C16H19KN2O2S2. The molecule has 0 saturated heterocycles. The molecule has 0 aliphatic carbocycles. The van der Waals surface area contributed by atoms with E-state index in [1.165, 1.54) is 0 Å². The molecule has 0 heterocycles. The molecule has 0 saturated carbocycles. The van der Waals surface area contributed by atoms with Crippen LogP contribution in [-0.4, -0.2) is 10.3 Å². The van der Waals surface area contributed by atoms with E-state index >= 15 is 0 Å². The number of benzene rings is 2. The van der Waals surface area contributed by atoms with Gasteiger partial charge in [-0.25, -0.2) is 0 Å². The van der Waals surface area contributed by atoms with Crippen LogP contribution in [0.5, 0.6) is 0 Å². The number of ether oxygens (including phenoxy) is 2. The summed E-state index contributed by atoms with van der Waals surface area (Å²) in [6.45, 7) is 0.909. The van der Waals surface area contributed by atoms with Crippen LogP contribution < -0.4 is 62.9 Å². The van der Waals surface area contributed by atoms with Crippen LogP contribution in [0.4, 0.5) is 0 Å². The average Bonchev–Trinajstić information content (AvgIpc) is 2.53. The Labute approximate surface area is 191 Å². The van der Waals surface area contributed by atoms with Crippen LogP contribution in [0, 0.1) is 0 Å². The molecule has 0 radical (unpaired) electrons. The van der Waals surface area contributed by atoms with Crippen molar-refractivity contribution in [2.45, 2.75) is 13.2 Å². The minimum Gasteiger partial charge on any atom is -1.00 e. The predicted octanol–water partition coefficient (Wildman–Crippen LogP) is 0.0101. The van der Waals surface area contributed by atoms with Gasteiger partial charge < -0.3 is 22.4 Å². The summed E-state index contributed by atoms with van der Waals surface area (Å²) in [5.41, 5.74) is 12.4. The largest absolute Gasteiger partial charge is 1.00 e. The first-order valence-electron chi connectivity index (χ1n) is 6.50. The summed E-state index contributed by atoms with van der Waals surface area (Å²) in [7, 11) is 0. The van der Waals surface area contributed by atoms with E-state index in [-0.39, 0.29) is 63.2 Å². The van der Waals surface area contributed by atoms with Crippen molar-refractivity contribution in [1.29, 1.82) is 0 Å². The third-order valence-electron chi connectivity index (χ3n) is 2.45. The van der Waals surface area contributed by atoms with Gasteiger partial charge in [0, 0.05) is 0 Å². The van der Waals surface area contributed by atoms with Crippen LogP contribution >= 0.6 is 24.4 Å². The second kappa shape index (κ2) is 13.9. The predicted molar refractivity (Wildman–Crippen MR) is 97.1 cm³/mol. The van der Waals surface area contributed by atoms with E-state index in [0.29, 0.717) is 13.2 Å². The SMILES string of the molecule is NC(=S)OCc1ccccc1.NC(=S)OCc1ccccc1.[H-].[K+]. The van der Waals surface area contributed by atoms with Gasteiger partial charge in [0.2, 0.25) is 0 Å². The number of rotatable bonds is 4. The van der Waals surface area contributed by atoms with Crippen LogP contribution in [0.1, 0.15) is 12.6 Å². The summed E-state index contributed by atoms with van der Waals surface area (Å²) in [5, 5.41) is 0.183. The van der Waals surface area contributed by atoms with E-state index in [9.17, 15) is 0 Å². The molecule has 0 amide bonds. The molecule has 0 spiro atoms. The zero-order chi connectivity index (χ0) is 16.2. The normalized spacial score (nSPS) is 8.70. The van der Waals surface area contributed by atoms with Gasteiger partial charge in [-0.15, -0.1) is 0 Å². The maximum absolute atomic E-state index is 5.15.